The third-order valence-electron chi connectivity index (χ3n) is 3.44. The lowest BCUT2D eigenvalue weighted by atomic mass is 10.1. The number of rotatable bonds is 2. The zero-order chi connectivity index (χ0) is 13.2. The molecule has 0 aliphatic carbocycles. The number of nitrogens with zero attached hydrogens (tertiary/aromatic N) is 3. The Bertz CT molecular complexity index is 579. The zero-order valence-corrected chi connectivity index (χ0v) is 11.0. The first kappa shape index (κ1) is 12.3. The van der Waals surface area contributed by atoms with Crippen LogP contribution in [0.2, 0.25) is 0 Å². The fourth-order valence-electron chi connectivity index (χ4n) is 2.46. The van der Waals surface area contributed by atoms with Gasteiger partial charge in [0.15, 0.2) is 5.82 Å². The van der Waals surface area contributed by atoms with Crippen molar-refractivity contribution in [1.29, 1.82) is 0 Å². The fourth-order valence-corrected chi connectivity index (χ4v) is 2.46. The number of hydrogen-bond donors (Lipinski definition) is 1. The van der Waals surface area contributed by atoms with Gasteiger partial charge in [0.25, 0.3) is 0 Å². The first-order valence-electron chi connectivity index (χ1n) is 6.61. The lowest BCUT2D eigenvalue weighted by Gasteiger charge is -2.28. The van der Waals surface area contributed by atoms with Crippen LogP contribution in [0.3, 0.4) is 0 Å². The molecule has 0 spiro atoms. The number of benzene rings is 1. The maximum Gasteiger partial charge on any atom is 0.159 e. The van der Waals surface area contributed by atoms with E-state index < -0.39 is 0 Å². The lowest BCUT2D eigenvalue weighted by Crippen LogP contribution is -2.37. The number of anilines is 1. The molecule has 1 atom stereocenters. The summed E-state index contributed by atoms with van der Waals surface area (Å²) in [6.07, 6.45) is 0. The van der Waals surface area contributed by atoms with Crippen molar-refractivity contribution in [1.82, 2.24) is 10.2 Å². The second-order valence-corrected chi connectivity index (χ2v) is 4.84. The van der Waals surface area contributed by atoms with Crippen LogP contribution in [-0.4, -0.2) is 36.5 Å². The molecule has 0 radical (unpaired) electrons. The van der Waals surface area contributed by atoms with Crippen LogP contribution in [0.15, 0.2) is 24.3 Å². The molecule has 1 unspecified atom stereocenters. The molecule has 19 heavy (non-hydrogen) atoms. The monoisotopic (exact) mass is 258 g/mol. The molecule has 2 N–H and O–H groups in total. The molecule has 2 aromatic rings. The number of fused-ring (bicyclic) bond motifs is 1. The van der Waals surface area contributed by atoms with Crippen molar-refractivity contribution in [2.24, 2.45) is 5.73 Å². The highest BCUT2D eigenvalue weighted by Gasteiger charge is 2.18. The van der Waals surface area contributed by atoms with Crippen LogP contribution in [0.5, 0.6) is 0 Å². The van der Waals surface area contributed by atoms with Crippen molar-refractivity contribution in [3.8, 4) is 0 Å². The molecule has 0 amide bonds. The minimum Gasteiger partial charge on any atom is -0.378 e. The molecule has 1 fully saturated rings. The van der Waals surface area contributed by atoms with Crippen LogP contribution >= 0.6 is 0 Å². The van der Waals surface area contributed by atoms with Crippen LogP contribution in [0.1, 0.15) is 18.7 Å². The van der Waals surface area contributed by atoms with E-state index in [1.165, 1.54) is 0 Å². The summed E-state index contributed by atoms with van der Waals surface area (Å²) in [4.78, 5) is 2.23. The van der Waals surface area contributed by atoms with Gasteiger partial charge in [-0.25, -0.2) is 0 Å². The van der Waals surface area contributed by atoms with E-state index in [0.717, 1.165) is 48.6 Å². The Kier molecular flexibility index (Phi) is 3.31. The van der Waals surface area contributed by atoms with Crippen molar-refractivity contribution in [2.45, 2.75) is 13.0 Å². The van der Waals surface area contributed by atoms with E-state index in [2.05, 4.69) is 27.2 Å². The highest BCUT2D eigenvalue weighted by Crippen LogP contribution is 2.28. The summed E-state index contributed by atoms with van der Waals surface area (Å²) in [5.41, 5.74) is 6.83. The van der Waals surface area contributed by atoms with Gasteiger partial charge in [-0.1, -0.05) is 24.3 Å². The molecule has 1 aliphatic heterocycles. The molecule has 1 aromatic heterocycles. The third kappa shape index (κ3) is 2.27. The van der Waals surface area contributed by atoms with Crippen LogP contribution in [-0.2, 0) is 4.74 Å². The Labute approximate surface area is 112 Å². The first-order chi connectivity index (χ1) is 9.27. The highest BCUT2D eigenvalue weighted by molar-refractivity contribution is 5.93. The van der Waals surface area contributed by atoms with Crippen molar-refractivity contribution in [3.63, 3.8) is 0 Å². The molecular formula is C14H18N4O. The van der Waals surface area contributed by atoms with E-state index in [9.17, 15) is 0 Å². The van der Waals surface area contributed by atoms with Crippen LogP contribution in [0.25, 0.3) is 10.8 Å². The molecule has 0 bridgehead atoms. The van der Waals surface area contributed by atoms with Crippen LogP contribution in [0.4, 0.5) is 5.82 Å². The van der Waals surface area contributed by atoms with Gasteiger partial charge < -0.3 is 15.4 Å². The van der Waals surface area contributed by atoms with Gasteiger partial charge in [-0.2, -0.15) is 5.10 Å². The van der Waals surface area contributed by atoms with E-state index in [1.54, 1.807) is 0 Å². The molecule has 0 saturated carbocycles. The van der Waals surface area contributed by atoms with E-state index in [1.807, 2.05) is 19.1 Å². The standard InChI is InChI=1S/C14H18N4O/c1-10(15)13-11-4-2-3-5-12(11)14(17-16-13)18-6-8-19-9-7-18/h2-5,10H,6-9,15H2,1H3. The van der Waals surface area contributed by atoms with Gasteiger partial charge in [0.1, 0.15) is 0 Å². The van der Waals surface area contributed by atoms with Gasteiger partial charge in [-0.05, 0) is 6.92 Å². The van der Waals surface area contributed by atoms with Gasteiger partial charge in [0.2, 0.25) is 0 Å². The van der Waals surface area contributed by atoms with Crippen LogP contribution in [0, 0.1) is 0 Å². The summed E-state index contributed by atoms with van der Waals surface area (Å²) >= 11 is 0. The van der Waals surface area contributed by atoms with Crippen molar-refractivity contribution in [3.05, 3.63) is 30.0 Å². The highest BCUT2D eigenvalue weighted by atomic mass is 16.5. The summed E-state index contributed by atoms with van der Waals surface area (Å²) in [5.74, 6) is 0.934. The molecule has 1 aliphatic rings. The van der Waals surface area contributed by atoms with Crippen molar-refractivity contribution >= 4 is 16.6 Å². The summed E-state index contributed by atoms with van der Waals surface area (Å²) < 4.78 is 5.39. The molecule has 2 heterocycles. The fraction of sp³-hybridized carbons (Fsp3) is 0.429. The number of morpholine rings is 1. The number of ether oxygens (including phenoxy) is 1. The Morgan fingerprint density at radius 1 is 1.16 bits per heavy atom. The third-order valence-corrected chi connectivity index (χ3v) is 3.44. The van der Waals surface area contributed by atoms with Gasteiger partial charge in [0, 0.05) is 29.9 Å². The average Bonchev–Trinajstić information content (AvgIpc) is 2.47. The minimum absolute atomic E-state index is 0.115. The number of hydrogen-bond acceptors (Lipinski definition) is 5. The predicted molar refractivity (Wildman–Crippen MR) is 75.2 cm³/mol. The largest absolute Gasteiger partial charge is 0.378 e. The molecule has 1 saturated heterocycles. The zero-order valence-electron chi connectivity index (χ0n) is 11.0. The Morgan fingerprint density at radius 3 is 2.53 bits per heavy atom. The Balaban J connectivity index is 2.13. The average molecular weight is 258 g/mol. The molecule has 5 nitrogen and oxygen atoms in total. The predicted octanol–water partition coefficient (Wildman–Crippen LogP) is 1.49. The second-order valence-electron chi connectivity index (χ2n) is 4.84. The van der Waals surface area contributed by atoms with Crippen molar-refractivity contribution in [2.75, 3.05) is 31.2 Å². The van der Waals surface area contributed by atoms with Crippen LogP contribution < -0.4 is 10.6 Å². The van der Waals surface area contributed by atoms with E-state index >= 15 is 0 Å². The summed E-state index contributed by atoms with van der Waals surface area (Å²) in [5, 5.41) is 10.9. The maximum absolute atomic E-state index is 5.97. The lowest BCUT2D eigenvalue weighted by molar-refractivity contribution is 0.122. The smallest absolute Gasteiger partial charge is 0.159 e. The molecule has 5 heteroatoms. The molecule has 1 aromatic carbocycles. The van der Waals surface area contributed by atoms with Crippen molar-refractivity contribution < 1.29 is 4.74 Å². The minimum atomic E-state index is -0.115. The second kappa shape index (κ2) is 5.11. The molecule has 3 rings (SSSR count). The number of aromatic nitrogens is 2. The molecule has 100 valence electrons. The normalized spacial score (nSPS) is 17.7. The number of nitrogens with two attached hydrogens (primary N) is 1. The van der Waals surface area contributed by atoms with Gasteiger partial charge in [-0.3, -0.25) is 0 Å². The summed E-state index contributed by atoms with van der Waals surface area (Å²) in [7, 11) is 0. The van der Waals surface area contributed by atoms with E-state index in [0.29, 0.717) is 0 Å². The quantitative estimate of drug-likeness (QED) is 0.884. The Hall–Kier alpha value is -1.72. The topological polar surface area (TPSA) is 64.3 Å². The van der Waals surface area contributed by atoms with Gasteiger partial charge in [0.05, 0.1) is 18.9 Å². The van der Waals surface area contributed by atoms with E-state index in [4.69, 9.17) is 10.5 Å². The van der Waals surface area contributed by atoms with Gasteiger partial charge >= 0.3 is 0 Å². The Morgan fingerprint density at radius 2 is 1.84 bits per heavy atom. The van der Waals surface area contributed by atoms with E-state index in [-0.39, 0.29) is 6.04 Å². The maximum atomic E-state index is 5.97. The first-order valence-corrected chi connectivity index (χ1v) is 6.61. The SMILES string of the molecule is CC(N)c1nnc(N2CCOCC2)c2ccccc12. The van der Waals surface area contributed by atoms with Gasteiger partial charge in [-0.15, -0.1) is 5.10 Å². The molecular weight excluding hydrogens is 240 g/mol. The summed E-state index contributed by atoms with van der Waals surface area (Å²) in [6, 6.07) is 8.07. The summed E-state index contributed by atoms with van der Waals surface area (Å²) in [6.45, 7) is 5.13.